The van der Waals surface area contributed by atoms with Gasteiger partial charge in [-0.1, -0.05) is 51.1 Å². The number of nitrogens with one attached hydrogen (secondary N) is 2. The van der Waals surface area contributed by atoms with E-state index in [-0.39, 0.29) is 23.6 Å². The summed E-state index contributed by atoms with van der Waals surface area (Å²) >= 11 is 0. The molecule has 2 N–H and O–H groups in total. The smallest absolute Gasteiger partial charge is 0.408 e. The van der Waals surface area contributed by atoms with Crippen LogP contribution in [-0.4, -0.2) is 68.2 Å². The number of carbonyl (C=O) groups is 2. The van der Waals surface area contributed by atoms with Gasteiger partial charge in [0.25, 0.3) is 0 Å². The summed E-state index contributed by atoms with van der Waals surface area (Å²) in [5, 5.41) is 7.22. The lowest BCUT2D eigenvalue weighted by molar-refractivity contribution is -0.147. The molecule has 4 atom stereocenters. The Hall–Kier alpha value is -1.38. The van der Waals surface area contributed by atoms with Crippen molar-refractivity contribution in [2.24, 2.45) is 5.92 Å². The molecule has 4 unspecified atom stereocenters. The summed E-state index contributed by atoms with van der Waals surface area (Å²) in [6.45, 7) is 13.3. The first-order valence-corrected chi connectivity index (χ1v) is 17.1. The van der Waals surface area contributed by atoms with Gasteiger partial charge in [-0.2, -0.15) is 0 Å². The van der Waals surface area contributed by atoms with E-state index >= 15 is 0 Å². The Bertz CT molecular complexity index is 740. The number of carbonyl (C=O) groups excluding carboxylic acids is 2. The van der Waals surface area contributed by atoms with Crippen LogP contribution in [-0.2, 0) is 14.3 Å². The number of hydrogen-bond donors (Lipinski definition) is 2. The first kappa shape index (κ1) is 27.2. The lowest BCUT2D eigenvalue weighted by Gasteiger charge is -2.50. The molecule has 2 aliphatic heterocycles. The van der Waals surface area contributed by atoms with Crippen molar-refractivity contribution in [2.75, 3.05) is 26.3 Å². The number of hydrogen-bond acceptors (Lipinski definition) is 6. The highest BCUT2D eigenvalue weighted by molar-refractivity contribution is 6.78. The quantitative estimate of drug-likeness (QED) is 0.331. The summed E-state index contributed by atoms with van der Waals surface area (Å²) in [6.07, 6.45) is 13.8. The minimum Gasteiger partial charge on any atom is -0.465 e. The molecular weight excluding hydrogens is 446 g/mol. The topological polar surface area (TPSA) is 79.9 Å². The molecule has 1 aliphatic carbocycles. The van der Waals surface area contributed by atoms with Crippen molar-refractivity contribution in [1.82, 2.24) is 15.5 Å². The van der Waals surface area contributed by atoms with Crippen LogP contribution in [0.3, 0.4) is 0 Å². The largest absolute Gasteiger partial charge is 0.465 e. The van der Waals surface area contributed by atoms with Crippen molar-refractivity contribution < 1.29 is 19.1 Å². The van der Waals surface area contributed by atoms with Gasteiger partial charge >= 0.3 is 12.1 Å². The standard InChI is InChI=1S/C26H47N3O4Si/c1-6-32-23(30)25-20-21(25)16-13-11-9-8-10-12-14-18-29-19-15-17-26(29,28-24(31)33-7-2)22(27-25)34(3,4)5/h13,16,21-22,27H,6-12,14-15,17-20H2,1-5H3,(H,28,31)/b16-13-. The number of allylic oxidation sites excluding steroid dienone is 1. The second-order valence-corrected chi connectivity index (χ2v) is 16.6. The average Bonchev–Trinajstić information content (AvgIpc) is 3.34. The van der Waals surface area contributed by atoms with E-state index < -0.39 is 19.3 Å². The summed E-state index contributed by atoms with van der Waals surface area (Å²) in [7, 11) is -1.95. The molecular formula is C26H47N3O4Si. The average molecular weight is 494 g/mol. The molecule has 8 heteroatoms. The van der Waals surface area contributed by atoms with E-state index in [0.29, 0.717) is 13.2 Å². The van der Waals surface area contributed by atoms with Gasteiger partial charge in [0.15, 0.2) is 0 Å². The molecule has 1 amide bonds. The number of esters is 1. The van der Waals surface area contributed by atoms with Crippen molar-refractivity contribution in [1.29, 1.82) is 0 Å². The van der Waals surface area contributed by atoms with E-state index in [9.17, 15) is 9.59 Å². The van der Waals surface area contributed by atoms with Crippen LogP contribution in [0, 0.1) is 5.92 Å². The highest BCUT2D eigenvalue weighted by atomic mass is 28.3. The van der Waals surface area contributed by atoms with Gasteiger partial charge in [-0.25, -0.2) is 4.79 Å². The van der Waals surface area contributed by atoms with Crippen molar-refractivity contribution in [3.8, 4) is 0 Å². The molecule has 1 saturated heterocycles. The van der Waals surface area contributed by atoms with Gasteiger partial charge in [0, 0.05) is 24.7 Å². The molecule has 7 nitrogen and oxygen atoms in total. The first-order valence-electron chi connectivity index (χ1n) is 13.5. The third-order valence-corrected chi connectivity index (χ3v) is 10.1. The van der Waals surface area contributed by atoms with Crippen LogP contribution in [0.15, 0.2) is 12.2 Å². The molecule has 3 rings (SSSR count). The molecule has 0 radical (unpaired) electrons. The van der Waals surface area contributed by atoms with Crippen molar-refractivity contribution in [3.05, 3.63) is 12.2 Å². The number of rotatable bonds is 5. The number of nitrogens with zero attached hydrogens (tertiary/aromatic N) is 1. The summed E-state index contributed by atoms with van der Waals surface area (Å²) in [4.78, 5) is 28.7. The molecule has 1 saturated carbocycles. The summed E-state index contributed by atoms with van der Waals surface area (Å²) in [5.74, 6) is -0.0296. The van der Waals surface area contributed by atoms with Crippen LogP contribution >= 0.6 is 0 Å². The second kappa shape index (κ2) is 11.6. The van der Waals surface area contributed by atoms with Crippen LogP contribution in [0.1, 0.15) is 71.6 Å². The number of fused-ring (bicyclic) bond motifs is 2. The molecule has 2 heterocycles. The Morgan fingerprint density at radius 2 is 1.71 bits per heavy atom. The lowest BCUT2D eigenvalue weighted by atomic mass is 10.0. The Morgan fingerprint density at radius 1 is 1.03 bits per heavy atom. The van der Waals surface area contributed by atoms with Gasteiger partial charge in [-0.15, -0.1) is 0 Å². The molecule has 0 spiro atoms. The van der Waals surface area contributed by atoms with Crippen molar-refractivity contribution in [3.63, 3.8) is 0 Å². The molecule has 2 fully saturated rings. The number of alkyl carbamates (subject to hydrolysis) is 1. The maximum Gasteiger partial charge on any atom is 0.408 e. The van der Waals surface area contributed by atoms with E-state index in [1.54, 1.807) is 0 Å². The van der Waals surface area contributed by atoms with E-state index in [2.05, 4.69) is 47.3 Å². The maximum atomic E-state index is 13.3. The molecule has 34 heavy (non-hydrogen) atoms. The van der Waals surface area contributed by atoms with Gasteiger partial charge in [-0.3, -0.25) is 15.0 Å². The molecule has 194 valence electrons. The van der Waals surface area contributed by atoms with Gasteiger partial charge in [0.05, 0.1) is 21.3 Å². The second-order valence-electron chi connectivity index (χ2n) is 11.3. The van der Waals surface area contributed by atoms with Gasteiger partial charge in [0.2, 0.25) is 0 Å². The molecule has 0 aromatic heterocycles. The molecule has 0 aromatic carbocycles. The SMILES string of the molecule is CCOC(=O)NC12CCCN1CCCCCCC/C=C\C1CC1(C(=O)OCC)NC2[Si](C)(C)C. The fourth-order valence-corrected chi connectivity index (χ4v) is 8.52. The fourth-order valence-electron chi connectivity index (χ4n) is 6.00. The highest BCUT2D eigenvalue weighted by Crippen LogP contribution is 2.48. The zero-order valence-corrected chi connectivity index (χ0v) is 23.1. The predicted molar refractivity (Wildman–Crippen MR) is 138 cm³/mol. The van der Waals surface area contributed by atoms with Crippen molar-refractivity contribution >= 4 is 20.1 Å². The van der Waals surface area contributed by atoms with E-state index in [0.717, 1.165) is 45.2 Å². The first-order chi connectivity index (χ1) is 16.2. The Morgan fingerprint density at radius 3 is 2.41 bits per heavy atom. The lowest BCUT2D eigenvalue weighted by Crippen LogP contribution is -2.76. The molecule has 3 aliphatic rings. The zero-order chi connectivity index (χ0) is 24.8. The number of amides is 1. The Labute approximate surface area is 207 Å². The predicted octanol–water partition coefficient (Wildman–Crippen LogP) is 4.59. The summed E-state index contributed by atoms with van der Waals surface area (Å²) in [6, 6.07) is 0. The van der Waals surface area contributed by atoms with Crippen LogP contribution in [0.25, 0.3) is 0 Å². The summed E-state index contributed by atoms with van der Waals surface area (Å²) < 4.78 is 11.0. The van der Waals surface area contributed by atoms with E-state index in [1.807, 2.05) is 13.8 Å². The fraction of sp³-hybridized carbons (Fsp3) is 0.846. The number of ether oxygens (including phenoxy) is 2. The van der Waals surface area contributed by atoms with Gasteiger partial charge in [-0.05, 0) is 52.4 Å². The van der Waals surface area contributed by atoms with Gasteiger partial charge < -0.3 is 14.8 Å². The summed E-state index contributed by atoms with van der Waals surface area (Å²) in [5.41, 5.74) is -1.30. The van der Waals surface area contributed by atoms with Crippen LogP contribution in [0.2, 0.25) is 19.6 Å². The minimum atomic E-state index is -1.95. The van der Waals surface area contributed by atoms with E-state index in [4.69, 9.17) is 9.47 Å². The van der Waals surface area contributed by atoms with Gasteiger partial charge in [0.1, 0.15) is 11.2 Å². The molecule has 0 bridgehead atoms. The maximum absolute atomic E-state index is 13.3. The third-order valence-electron chi connectivity index (χ3n) is 7.71. The normalized spacial score (nSPS) is 34.0. The zero-order valence-electron chi connectivity index (χ0n) is 22.1. The Kier molecular flexibility index (Phi) is 9.26. The Balaban J connectivity index is 2.03. The van der Waals surface area contributed by atoms with Crippen LogP contribution in [0.4, 0.5) is 4.79 Å². The monoisotopic (exact) mass is 493 g/mol. The third kappa shape index (κ3) is 6.05. The van der Waals surface area contributed by atoms with Crippen LogP contribution in [0.5, 0.6) is 0 Å². The van der Waals surface area contributed by atoms with Crippen molar-refractivity contribution in [2.45, 2.75) is 108 Å². The minimum absolute atomic E-state index is 0.0279. The van der Waals surface area contributed by atoms with Crippen LogP contribution < -0.4 is 10.6 Å². The molecule has 0 aromatic rings. The highest BCUT2D eigenvalue weighted by Gasteiger charge is 2.64. The van der Waals surface area contributed by atoms with E-state index in [1.165, 1.54) is 25.7 Å².